The Hall–Kier alpha value is -3.00. The number of aryl methyl sites for hydroxylation is 1. The summed E-state index contributed by atoms with van der Waals surface area (Å²) < 4.78 is 18.0. The Morgan fingerprint density at radius 1 is 0.930 bits per heavy atom. The van der Waals surface area contributed by atoms with Crippen LogP contribution in [0.3, 0.4) is 0 Å². The first-order chi connectivity index (χ1) is 20.2. The molecule has 4 rings (SSSR count). The van der Waals surface area contributed by atoms with Gasteiger partial charge in [-0.15, -0.1) is 0 Å². The van der Waals surface area contributed by atoms with Gasteiger partial charge in [-0.2, -0.15) is 4.98 Å². The third kappa shape index (κ3) is 7.75. The normalized spacial score (nSPS) is 14.7. The molecule has 0 N–H and O–H groups in total. The SMILES string of the molecule is COc1cc2nc(C)nc(OSc3c(C(C)C)cc(C(C)C)cc3C(C)C)c2cc1C1CCN(C(=O)OC(C)(C)C)CC1. The van der Waals surface area contributed by atoms with Crippen LogP contribution >= 0.6 is 12.0 Å². The molecule has 234 valence electrons. The van der Waals surface area contributed by atoms with Gasteiger partial charge in [-0.25, -0.2) is 9.78 Å². The van der Waals surface area contributed by atoms with Crippen LogP contribution in [0.25, 0.3) is 10.9 Å². The minimum Gasteiger partial charge on any atom is -0.496 e. The number of carbonyl (C=O) groups is 1. The summed E-state index contributed by atoms with van der Waals surface area (Å²) >= 11 is 1.41. The van der Waals surface area contributed by atoms with Crippen molar-refractivity contribution in [2.45, 2.75) is 116 Å². The predicted octanol–water partition coefficient (Wildman–Crippen LogP) is 9.52. The molecule has 0 spiro atoms. The van der Waals surface area contributed by atoms with Crippen LogP contribution in [0.1, 0.15) is 127 Å². The minimum atomic E-state index is -0.510. The Bertz CT molecular complexity index is 1420. The first kappa shape index (κ1) is 32.9. The topological polar surface area (TPSA) is 73.8 Å². The summed E-state index contributed by atoms with van der Waals surface area (Å²) in [4.78, 5) is 25.1. The zero-order valence-corrected chi connectivity index (χ0v) is 28.6. The molecule has 0 bridgehead atoms. The lowest BCUT2D eigenvalue weighted by Gasteiger charge is -2.34. The van der Waals surface area contributed by atoms with E-state index in [-0.39, 0.29) is 12.0 Å². The largest absolute Gasteiger partial charge is 0.496 e. The number of piperidine rings is 1. The van der Waals surface area contributed by atoms with Gasteiger partial charge in [0.05, 0.1) is 35.0 Å². The predicted molar refractivity (Wildman–Crippen MR) is 176 cm³/mol. The Kier molecular flexibility index (Phi) is 10.2. The second-order valence-electron chi connectivity index (χ2n) is 13.6. The number of hydrogen-bond acceptors (Lipinski definition) is 7. The average Bonchev–Trinajstić information content (AvgIpc) is 2.93. The van der Waals surface area contributed by atoms with Crippen LogP contribution in [-0.2, 0) is 4.74 Å². The molecular weight excluding hydrogens is 558 g/mol. The van der Waals surface area contributed by atoms with Crippen molar-refractivity contribution in [2.24, 2.45) is 0 Å². The number of nitrogens with zero attached hydrogens (tertiary/aromatic N) is 3. The number of methoxy groups -OCH3 is 1. The number of fused-ring (bicyclic) bond motifs is 1. The van der Waals surface area contributed by atoms with Gasteiger partial charge < -0.3 is 18.6 Å². The summed E-state index contributed by atoms with van der Waals surface area (Å²) in [7, 11) is 1.70. The molecule has 0 atom stereocenters. The molecule has 0 unspecified atom stereocenters. The van der Waals surface area contributed by atoms with E-state index in [4.69, 9.17) is 23.6 Å². The maximum atomic E-state index is 12.6. The van der Waals surface area contributed by atoms with Crippen LogP contribution in [0.5, 0.6) is 11.6 Å². The summed E-state index contributed by atoms with van der Waals surface area (Å²) in [6.45, 7) is 22.3. The number of aromatic nitrogens is 2. The lowest BCUT2D eigenvalue weighted by atomic mass is 9.88. The Balaban J connectivity index is 1.67. The maximum absolute atomic E-state index is 12.6. The lowest BCUT2D eigenvalue weighted by Crippen LogP contribution is -2.41. The lowest BCUT2D eigenvalue weighted by molar-refractivity contribution is 0.0204. The van der Waals surface area contributed by atoms with E-state index in [9.17, 15) is 4.79 Å². The fraction of sp³-hybridized carbons (Fsp3) is 0.571. The number of benzene rings is 2. The standard InChI is InChI=1S/C35H49N3O4S/c1-20(2)25-16-26(21(3)4)32(27(17-25)22(5)6)43-42-33-29-18-28(31(40-11)19-30(29)36-23(7)37-33)24-12-14-38(15-13-24)34(39)41-35(8,9)10/h16-22,24H,12-15H2,1-11H3. The van der Waals surface area contributed by atoms with Crippen molar-refractivity contribution in [3.63, 3.8) is 0 Å². The molecule has 0 saturated carbocycles. The van der Waals surface area contributed by atoms with Gasteiger partial charge in [0.25, 0.3) is 0 Å². The van der Waals surface area contributed by atoms with Gasteiger partial charge in [0.1, 0.15) is 17.2 Å². The number of amides is 1. The molecular formula is C35H49N3O4S. The Morgan fingerprint density at radius 2 is 1.53 bits per heavy atom. The molecule has 0 radical (unpaired) electrons. The Labute approximate surface area is 262 Å². The summed E-state index contributed by atoms with van der Waals surface area (Å²) in [5.74, 6) is 3.39. The van der Waals surface area contributed by atoms with Gasteiger partial charge in [-0.05, 0) is 92.5 Å². The third-order valence-corrected chi connectivity index (χ3v) is 8.87. The van der Waals surface area contributed by atoms with Crippen LogP contribution in [0.15, 0.2) is 29.2 Å². The monoisotopic (exact) mass is 607 g/mol. The maximum Gasteiger partial charge on any atom is 0.410 e. The van der Waals surface area contributed by atoms with E-state index in [1.54, 1.807) is 12.0 Å². The van der Waals surface area contributed by atoms with Gasteiger partial charge in [0.15, 0.2) is 0 Å². The number of carbonyl (C=O) groups excluding carboxylic acids is 1. The highest BCUT2D eigenvalue weighted by Crippen LogP contribution is 2.42. The van der Waals surface area contributed by atoms with Crippen molar-refractivity contribution in [3.05, 3.63) is 52.3 Å². The summed E-state index contributed by atoms with van der Waals surface area (Å²) in [6, 6.07) is 8.80. The van der Waals surface area contributed by atoms with Crippen molar-refractivity contribution in [3.8, 4) is 11.6 Å². The van der Waals surface area contributed by atoms with Crippen molar-refractivity contribution >= 4 is 29.0 Å². The highest BCUT2D eigenvalue weighted by molar-refractivity contribution is 7.95. The van der Waals surface area contributed by atoms with Crippen molar-refractivity contribution in [1.82, 2.24) is 14.9 Å². The third-order valence-electron chi connectivity index (χ3n) is 7.99. The van der Waals surface area contributed by atoms with Crippen molar-refractivity contribution < 1.29 is 18.5 Å². The minimum absolute atomic E-state index is 0.225. The second-order valence-corrected chi connectivity index (χ2v) is 14.3. The quantitative estimate of drug-likeness (QED) is 0.236. The molecule has 43 heavy (non-hydrogen) atoms. The second kappa shape index (κ2) is 13.3. The molecule has 2 aromatic carbocycles. The van der Waals surface area contributed by atoms with Gasteiger partial charge >= 0.3 is 6.09 Å². The van der Waals surface area contributed by atoms with E-state index < -0.39 is 5.60 Å². The number of hydrogen-bond donors (Lipinski definition) is 0. The fourth-order valence-corrected chi connectivity index (χ4v) is 6.65. The van der Waals surface area contributed by atoms with Crippen LogP contribution in [-0.4, -0.2) is 46.8 Å². The fourth-order valence-electron chi connectivity index (χ4n) is 5.58. The van der Waals surface area contributed by atoms with Crippen LogP contribution < -0.4 is 8.92 Å². The molecule has 8 heteroatoms. The molecule has 7 nitrogen and oxygen atoms in total. The zero-order chi connectivity index (χ0) is 31.6. The van der Waals surface area contributed by atoms with Crippen LogP contribution in [0.2, 0.25) is 0 Å². The van der Waals surface area contributed by atoms with E-state index in [1.165, 1.54) is 33.6 Å². The first-order valence-corrected chi connectivity index (χ1v) is 16.3. The average molecular weight is 608 g/mol. The van der Waals surface area contributed by atoms with Crippen molar-refractivity contribution in [2.75, 3.05) is 20.2 Å². The first-order valence-electron chi connectivity index (χ1n) is 15.5. The number of likely N-dealkylation sites (tertiary alicyclic amines) is 1. The molecule has 1 aliphatic heterocycles. The summed E-state index contributed by atoms with van der Waals surface area (Å²) in [5.41, 5.74) is 5.33. The summed E-state index contributed by atoms with van der Waals surface area (Å²) in [5, 5.41) is 0.861. The van der Waals surface area contributed by atoms with Gasteiger partial charge in [0.2, 0.25) is 5.88 Å². The highest BCUT2D eigenvalue weighted by Gasteiger charge is 2.29. The van der Waals surface area contributed by atoms with Gasteiger partial charge in [-0.1, -0.05) is 53.7 Å². The molecule has 1 amide bonds. The number of ether oxygens (including phenoxy) is 2. The zero-order valence-electron chi connectivity index (χ0n) is 27.8. The van der Waals surface area contributed by atoms with Crippen LogP contribution in [0.4, 0.5) is 4.79 Å². The molecule has 1 aromatic heterocycles. The molecule has 1 aliphatic rings. The molecule has 1 saturated heterocycles. The van der Waals surface area contributed by atoms with E-state index >= 15 is 0 Å². The van der Waals surface area contributed by atoms with E-state index in [1.807, 2.05) is 33.8 Å². The van der Waals surface area contributed by atoms with Gasteiger partial charge in [0, 0.05) is 19.2 Å². The molecule has 0 aliphatic carbocycles. The van der Waals surface area contributed by atoms with E-state index in [0.29, 0.717) is 42.5 Å². The molecule has 1 fully saturated rings. The number of rotatable bonds is 8. The molecule has 2 heterocycles. The van der Waals surface area contributed by atoms with Crippen molar-refractivity contribution in [1.29, 1.82) is 0 Å². The van der Waals surface area contributed by atoms with E-state index in [2.05, 4.69) is 59.7 Å². The Morgan fingerprint density at radius 3 is 2.05 bits per heavy atom. The summed E-state index contributed by atoms with van der Waals surface area (Å²) in [6.07, 6.45) is 1.38. The smallest absolute Gasteiger partial charge is 0.410 e. The highest BCUT2D eigenvalue weighted by atomic mass is 32.2. The van der Waals surface area contributed by atoms with Gasteiger partial charge in [-0.3, -0.25) is 0 Å². The molecule has 3 aromatic rings. The van der Waals surface area contributed by atoms with Crippen LogP contribution in [0, 0.1) is 6.92 Å². The van der Waals surface area contributed by atoms with E-state index in [0.717, 1.165) is 35.1 Å².